The van der Waals surface area contributed by atoms with E-state index in [0.717, 1.165) is 22.2 Å². The zero-order valence-electron chi connectivity index (χ0n) is 14.4. The largest absolute Gasteiger partial charge is 0.358 e. The van der Waals surface area contributed by atoms with Crippen molar-refractivity contribution in [1.29, 1.82) is 0 Å². The first-order chi connectivity index (χ1) is 11.8. The summed E-state index contributed by atoms with van der Waals surface area (Å²) in [5.74, 6) is -0.401. The first kappa shape index (κ1) is 17.9. The van der Waals surface area contributed by atoms with E-state index >= 15 is 0 Å². The summed E-state index contributed by atoms with van der Waals surface area (Å²) in [6.45, 7) is 3.52. The summed E-state index contributed by atoms with van der Waals surface area (Å²) < 4.78 is 38.3. The Labute approximate surface area is 146 Å². The minimum atomic E-state index is -3.24. The van der Waals surface area contributed by atoms with E-state index < -0.39 is 10.0 Å². The summed E-state index contributed by atoms with van der Waals surface area (Å²) in [6, 6.07) is 4.50. The Balaban J connectivity index is 1.77. The fourth-order valence-electron chi connectivity index (χ4n) is 3.32. The topological polar surface area (TPSA) is 73.5 Å². The molecule has 6 nitrogen and oxygen atoms in total. The van der Waals surface area contributed by atoms with Crippen LogP contribution in [0.4, 0.5) is 4.39 Å². The number of halogens is 1. The number of sulfonamides is 1. The molecule has 8 heteroatoms. The van der Waals surface area contributed by atoms with Gasteiger partial charge in [-0.15, -0.1) is 0 Å². The lowest BCUT2D eigenvalue weighted by molar-refractivity contribution is -0.130. The number of nitrogens with one attached hydrogen (secondary N) is 1. The van der Waals surface area contributed by atoms with Gasteiger partial charge in [0.15, 0.2) is 0 Å². The molecular formula is C17H22FN3O3S. The third-order valence-electron chi connectivity index (χ3n) is 4.69. The molecule has 2 heterocycles. The third kappa shape index (κ3) is 3.85. The molecule has 1 aromatic heterocycles. The van der Waals surface area contributed by atoms with E-state index in [4.69, 9.17) is 0 Å². The lowest BCUT2D eigenvalue weighted by Crippen LogP contribution is -2.37. The number of H-pyrrole nitrogens is 1. The molecular weight excluding hydrogens is 345 g/mol. The van der Waals surface area contributed by atoms with Crippen molar-refractivity contribution in [2.45, 2.75) is 19.8 Å². The van der Waals surface area contributed by atoms with Crippen LogP contribution in [0.2, 0.25) is 0 Å². The van der Waals surface area contributed by atoms with E-state index in [1.54, 1.807) is 11.0 Å². The number of hydrogen-bond acceptors (Lipinski definition) is 3. The van der Waals surface area contributed by atoms with Crippen molar-refractivity contribution in [3.63, 3.8) is 0 Å². The van der Waals surface area contributed by atoms with Gasteiger partial charge in [0.05, 0.1) is 12.7 Å². The number of amides is 1. The van der Waals surface area contributed by atoms with Crippen molar-refractivity contribution in [3.05, 3.63) is 35.3 Å². The van der Waals surface area contributed by atoms with Crippen LogP contribution in [-0.2, 0) is 21.2 Å². The molecule has 2 aromatic rings. The zero-order chi connectivity index (χ0) is 18.2. The molecule has 0 spiro atoms. The van der Waals surface area contributed by atoms with Crippen LogP contribution in [0.1, 0.15) is 17.7 Å². The predicted octanol–water partition coefficient (Wildman–Crippen LogP) is 1.65. The number of aromatic nitrogens is 1. The van der Waals surface area contributed by atoms with E-state index in [0.29, 0.717) is 32.6 Å². The molecule has 0 radical (unpaired) electrons. The van der Waals surface area contributed by atoms with Gasteiger partial charge in [-0.05, 0) is 37.1 Å². The van der Waals surface area contributed by atoms with Gasteiger partial charge in [0.2, 0.25) is 15.9 Å². The molecule has 136 valence electrons. The normalized spacial score (nSPS) is 17.0. The van der Waals surface area contributed by atoms with Gasteiger partial charge in [0.1, 0.15) is 5.82 Å². The zero-order valence-corrected chi connectivity index (χ0v) is 15.2. The van der Waals surface area contributed by atoms with Crippen LogP contribution in [0.3, 0.4) is 0 Å². The minimum absolute atomic E-state index is 0.0661. The van der Waals surface area contributed by atoms with E-state index in [1.807, 2.05) is 6.92 Å². The fraction of sp³-hybridized carbons (Fsp3) is 0.471. The van der Waals surface area contributed by atoms with Gasteiger partial charge in [-0.2, -0.15) is 0 Å². The predicted molar refractivity (Wildman–Crippen MR) is 94.3 cm³/mol. The number of carbonyl (C=O) groups excluding carboxylic acids is 1. The Morgan fingerprint density at radius 2 is 2.00 bits per heavy atom. The lowest BCUT2D eigenvalue weighted by Gasteiger charge is -2.21. The molecule has 1 fully saturated rings. The Kier molecular flexibility index (Phi) is 4.83. The summed E-state index contributed by atoms with van der Waals surface area (Å²) in [5.41, 5.74) is 2.45. The van der Waals surface area contributed by atoms with Crippen molar-refractivity contribution in [2.75, 3.05) is 32.4 Å². The van der Waals surface area contributed by atoms with Crippen molar-refractivity contribution in [1.82, 2.24) is 14.2 Å². The molecule has 0 unspecified atom stereocenters. The van der Waals surface area contributed by atoms with Crippen LogP contribution in [0.25, 0.3) is 10.9 Å². The van der Waals surface area contributed by atoms with Crippen molar-refractivity contribution in [3.8, 4) is 0 Å². The van der Waals surface area contributed by atoms with Crippen LogP contribution >= 0.6 is 0 Å². The second kappa shape index (κ2) is 6.76. The standard InChI is InChI=1S/C17H22FN3O3S/c1-12-14(15-10-13(18)4-5-16(15)19-12)11-17(22)20-6-3-7-21(9-8-20)25(2,23)24/h4-5,10,19H,3,6-9,11H2,1-2H3. The van der Waals surface area contributed by atoms with Gasteiger partial charge in [0, 0.05) is 42.8 Å². The van der Waals surface area contributed by atoms with Crippen molar-refractivity contribution < 1.29 is 17.6 Å². The molecule has 1 saturated heterocycles. The highest BCUT2D eigenvalue weighted by atomic mass is 32.2. The van der Waals surface area contributed by atoms with Gasteiger partial charge < -0.3 is 9.88 Å². The molecule has 1 aromatic carbocycles. The van der Waals surface area contributed by atoms with E-state index in [1.165, 1.54) is 22.7 Å². The van der Waals surface area contributed by atoms with Crippen LogP contribution in [0.15, 0.2) is 18.2 Å². The molecule has 1 N–H and O–H groups in total. The molecule has 0 atom stereocenters. The highest BCUT2D eigenvalue weighted by Crippen LogP contribution is 2.24. The average molecular weight is 367 g/mol. The average Bonchev–Trinajstić information content (AvgIpc) is 2.73. The first-order valence-corrected chi connectivity index (χ1v) is 10.1. The summed E-state index contributed by atoms with van der Waals surface area (Å²) in [7, 11) is -3.24. The fourth-order valence-corrected chi connectivity index (χ4v) is 4.19. The summed E-state index contributed by atoms with van der Waals surface area (Å²) in [4.78, 5) is 17.6. The van der Waals surface area contributed by atoms with Crippen molar-refractivity contribution >= 4 is 26.8 Å². The number of hydrogen-bond donors (Lipinski definition) is 1. The maximum Gasteiger partial charge on any atom is 0.227 e. The first-order valence-electron chi connectivity index (χ1n) is 8.25. The maximum absolute atomic E-state index is 13.6. The summed E-state index contributed by atoms with van der Waals surface area (Å²) in [6.07, 6.45) is 1.97. The van der Waals surface area contributed by atoms with Crippen LogP contribution in [0.5, 0.6) is 0 Å². The number of fused-ring (bicyclic) bond motifs is 1. The van der Waals surface area contributed by atoms with Gasteiger partial charge in [-0.25, -0.2) is 17.1 Å². The Morgan fingerprint density at radius 1 is 1.24 bits per heavy atom. The minimum Gasteiger partial charge on any atom is -0.358 e. The number of benzene rings is 1. The molecule has 1 aliphatic rings. The molecule has 3 rings (SSSR count). The number of carbonyl (C=O) groups is 1. The SMILES string of the molecule is Cc1[nH]c2ccc(F)cc2c1CC(=O)N1CCCN(S(C)(=O)=O)CC1. The Hall–Kier alpha value is -1.93. The van der Waals surface area contributed by atoms with E-state index in [-0.39, 0.29) is 18.1 Å². The number of nitrogens with zero attached hydrogens (tertiary/aromatic N) is 2. The molecule has 0 saturated carbocycles. The number of aromatic amines is 1. The maximum atomic E-state index is 13.6. The van der Waals surface area contributed by atoms with E-state index in [2.05, 4.69) is 4.98 Å². The lowest BCUT2D eigenvalue weighted by atomic mass is 10.1. The smallest absolute Gasteiger partial charge is 0.227 e. The molecule has 1 aliphatic heterocycles. The van der Waals surface area contributed by atoms with Crippen LogP contribution in [0, 0.1) is 12.7 Å². The Morgan fingerprint density at radius 3 is 2.72 bits per heavy atom. The second-order valence-corrected chi connectivity index (χ2v) is 8.47. The Bertz CT molecular complexity index is 907. The second-order valence-electron chi connectivity index (χ2n) is 6.49. The van der Waals surface area contributed by atoms with E-state index in [9.17, 15) is 17.6 Å². The third-order valence-corrected chi connectivity index (χ3v) is 5.99. The monoisotopic (exact) mass is 367 g/mol. The summed E-state index contributed by atoms with van der Waals surface area (Å²) >= 11 is 0. The molecule has 1 amide bonds. The van der Waals surface area contributed by atoms with Gasteiger partial charge >= 0.3 is 0 Å². The van der Waals surface area contributed by atoms with Crippen LogP contribution in [-0.4, -0.2) is 60.9 Å². The highest BCUT2D eigenvalue weighted by Gasteiger charge is 2.24. The molecule has 0 bridgehead atoms. The van der Waals surface area contributed by atoms with Gasteiger partial charge in [-0.3, -0.25) is 4.79 Å². The van der Waals surface area contributed by atoms with Crippen molar-refractivity contribution in [2.24, 2.45) is 0 Å². The quantitative estimate of drug-likeness (QED) is 0.897. The van der Waals surface area contributed by atoms with Gasteiger partial charge in [0.25, 0.3) is 0 Å². The summed E-state index contributed by atoms with van der Waals surface area (Å²) in [5, 5.41) is 0.721. The van der Waals surface area contributed by atoms with Gasteiger partial charge in [-0.1, -0.05) is 0 Å². The molecule has 0 aliphatic carbocycles. The van der Waals surface area contributed by atoms with Crippen LogP contribution < -0.4 is 0 Å². The molecule has 25 heavy (non-hydrogen) atoms. The number of aryl methyl sites for hydroxylation is 1. The highest BCUT2D eigenvalue weighted by molar-refractivity contribution is 7.88. The number of rotatable bonds is 3.